The van der Waals surface area contributed by atoms with E-state index < -0.39 is 0 Å². The van der Waals surface area contributed by atoms with Gasteiger partial charge in [-0.05, 0) is 49.9 Å². The van der Waals surface area contributed by atoms with Gasteiger partial charge in [0.15, 0.2) is 0 Å². The summed E-state index contributed by atoms with van der Waals surface area (Å²) in [5, 5.41) is 0. The van der Waals surface area contributed by atoms with E-state index in [2.05, 4.69) is 13.5 Å². The minimum Gasteiger partial charge on any atom is -0.463 e. The van der Waals surface area contributed by atoms with Gasteiger partial charge < -0.3 is 9.47 Å². The van der Waals surface area contributed by atoms with E-state index in [9.17, 15) is 9.59 Å². The van der Waals surface area contributed by atoms with Gasteiger partial charge in [-0.2, -0.15) is 0 Å². The lowest BCUT2D eigenvalue weighted by atomic mass is 9.79. The molecule has 0 aromatic carbocycles. The molecule has 0 amide bonds. The molecule has 1 saturated heterocycles. The fourth-order valence-electron chi connectivity index (χ4n) is 4.67. The van der Waals surface area contributed by atoms with Crippen molar-refractivity contribution in [2.24, 2.45) is 23.2 Å². The van der Waals surface area contributed by atoms with Crippen molar-refractivity contribution in [1.82, 2.24) is 0 Å². The molecule has 0 N–H and O–H groups in total. The number of rotatable bonds is 5. The molecule has 4 heteroatoms. The van der Waals surface area contributed by atoms with Crippen molar-refractivity contribution in [1.29, 1.82) is 0 Å². The molecule has 0 aromatic rings. The molecule has 2 saturated carbocycles. The van der Waals surface area contributed by atoms with E-state index in [1.54, 1.807) is 0 Å². The fourth-order valence-corrected chi connectivity index (χ4v) is 4.67. The lowest BCUT2D eigenvalue weighted by Crippen LogP contribution is -2.26. The Balaban J connectivity index is 1.53. The first-order valence-corrected chi connectivity index (χ1v) is 8.46. The van der Waals surface area contributed by atoms with Crippen LogP contribution in [0.3, 0.4) is 0 Å². The van der Waals surface area contributed by atoms with E-state index in [1.807, 2.05) is 13.8 Å². The van der Waals surface area contributed by atoms with E-state index in [0.29, 0.717) is 29.2 Å². The maximum atomic E-state index is 11.6. The van der Waals surface area contributed by atoms with Gasteiger partial charge in [-0.1, -0.05) is 20.4 Å². The highest BCUT2D eigenvalue weighted by molar-refractivity contribution is 5.90. The van der Waals surface area contributed by atoms with Crippen LogP contribution >= 0.6 is 0 Å². The molecular weight excluding hydrogens is 280 g/mol. The number of carbonyl (C=O) groups excluding carboxylic acids is 2. The van der Waals surface area contributed by atoms with E-state index in [4.69, 9.17) is 9.47 Å². The van der Waals surface area contributed by atoms with Crippen LogP contribution in [0.1, 0.15) is 52.9 Å². The first-order chi connectivity index (χ1) is 10.4. The van der Waals surface area contributed by atoms with Crippen LogP contribution in [0.25, 0.3) is 0 Å². The summed E-state index contributed by atoms with van der Waals surface area (Å²) >= 11 is 0. The van der Waals surface area contributed by atoms with Crippen molar-refractivity contribution in [3.05, 3.63) is 12.2 Å². The maximum absolute atomic E-state index is 11.6. The number of esters is 2. The summed E-state index contributed by atoms with van der Waals surface area (Å²) in [5.41, 5.74) is 0.962. The third-order valence-electron chi connectivity index (χ3n) is 6.14. The molecule has 2 unspecified atom stereocenters. The Labute approximate surface area is 132 Å². The van der Waals surface area contributed by atoms with Crippen LogP contribution < -0.4 is 0 Å². The molecule has 4 nitrogen and oxygen atoms in total. The van der Waals surface area contributed by atoms with Crippen molar-refractivity contribution < 1.29 is 19.1 Å². The Morgan fingerprint density at radius 3 is 2.95 bits per heavy atom. The zero-order valence-corrected chi connectivity index (χ0v) is 13.8. The number of hydrogen-bond donors (Lipinski definition) is 0. The Morgan fingerprint density at radius 1 is 1.55 bits per heavy atom. The molecule has 0 spiro atoms. The fraction of sp³-hybridized carbons (Fsp3) is 0.778. The summed E-state index contributed by atoms with van der Waals surface area (Å²) < 4.78 is 10.8. The van der Waals surface area contributed by atoms with Gasteiger partial charge >= 0.3 is 11.9 Å². The molecule has 22 heavy (non-hydrogen) atoms. The number of ether oxygens (including phenoxy) is 2. The summed E-state index contributed by atoms with van der Waals surface area (Å²) in [6.45, 7) is 10.0. The zero-order valence-electron chi connectivity index (χ0n) is 13.8. The van der Waals surface area contributed by atoms with Crippen molar-refractivity contribution >= 4 is 11.9 Å². The molecule has 122 valence electrons. The van der Waals surface area contributed by atoms with Crippen LogP contribution in [0.2, 0.25) is 0 Å². The van der Waals surface area contributed by atoms with Crippen LogP contribution in [0.15, 0.2) is 12.2 Å². The summed E-state index contributed by atoms with van der Waals surface area (Å²) in [6, 6.07) is 0. The largest absolute Gasteiger partial charge is 0.463 e. The summed E-state index contributed by atoms with van der Waals surface area (Å²) in [6.07, 6.45) is 4.45. The Morgan fingerprint density at radius 2 is 2.27 bits per heavy atom. The van der Waals surface area contributed by atoms with Gasteiger partial charge in [-0.25, -0.2) is 4.79 Å². The topological polar surface area (TPSA) is 52.6 Å². The van der Waals surface area contributed by atoms with Crippen LogP contribution in [0.5, 0.6) is 0 Å². The Kier molecular flexibility index (Phi) is 3.82. The average Bonchev–Trinajstić information content (AvgIpc) is 2.95. The van der Waals surface area contributed by atoms with Crippen molar-refractivity contribution in [2.75, 3.05) is 0 Å². The van der Waals surface area contributed by atoms with Crippen molar-refractivity contribution in [2.45, 2.75) is 65.1 Å². The first-order valence-electron chi connectivity index (χ1n) is 8.46. The second-order valence-corrected chi connectivity index (χ2v) is 7.47. The quantitative estimate of drug-likeness (QED) is 0.578. The number of fused-ring (bicyclic) bond motifs is 2. The highest BCUT2D eigenvalue weighted by atomic mass is 16.6. The second-order valence-electron chi connectivity index (χ2n) is 7.47. The monoisotopic (exact) mass is 306 g/mol. The first kappa shape index (κ1) is 15.6. The van der Waals surface area contributed by atoms with Gasteiger partial charge in [-0.15, -0.1) is 0 Å². The lowest BCUT2D eigenvalue weighted by Gasteiger charge is -2.27. The van der Waals surface area contributed by atoms with Crippen LogP contribution in [-0.2, 0) is 19.1 Å². The predicted octanol–water partition coefficient (Wildman–Crippen LogP) is 3.25. The Bertz CT molecular complexity index is 511. The Hall–Kier alpha value is -1.32. The van der Waals surface area contributed by atoms with Gasteiger partial charge in [0.05, 0.1) is 6.10 Å². The molecule has 1 heterocycles. The molecule has 3 rings (SSSR count). The highest BCUT2D eigenvalue weighted by Gasteiger charge is 2.66. The molecule has 3 fully saturated rings. The summed E-state index contributed by atoms with van der Waals surface area (Å²) in [5.74, 6) is 1.23. The van der Waals surface area contributed by atoms with Gasteiger partial charge in [0, 0.05) is 17.9 Å². The molecule has 3 aliphatic rings. The van der Waals surface area contributed by atoms with Gasteiger partial charge in [-0.3, -0.25) is 4.79 Å². The normalized spacial score (nSPS) is 40.5. The van der Waals surface area contributed by atoms with Crippen LogP contribution in [0.4, 0.5) is 0 Å². The van der Waals surface area contributed by atoms with Gasteiger partial charge in [0.1, 0.15) is 6.10 Å². The summed E-state index contributed by atoms with van der Waals surface area (Å²) in [4.78, 5) is 22.9. The van der Waals surface area contributed by atoms with Crippen molar-refractivity contribution in [3.8, 4) is 0 Å². The molecule has 1 aliphatic heterocycles. The van der Waals surface area contributed by atoms with Crippen molar-refractivity contribution in [3.63, 3.8) is 0 Å². The highest BCUT2D eigenvalue weighted by Crippen LogP contribution is 2.70. The second kappa shape index (κ2) is 5.39. The molecular formula is C18H26O4. The molecule has 0 bridgehead atoms. The number of hydrogen-bond acceptors (Lipinski definition) is 4. The molecule has 0 aromatic heterocycles. The van der Waals surface area contributed by atoms with Gasteiger partial charge in [0.25, 0.3) is 0 Å². The third kappa shape index (κ3) is 2.46. The number of carbonyl (C=O) groups is 2. The average molecular weight is 306 g/mol. The molecule has 2 aliphatic carbocycles. The molecule has 6 atom stereocenters. The minimum atomic E-state index is -0.198. The van der Waals surface area contributed by atoms with E-state index in [1.165, 1.54) is 0 Å². The third-order valence-corrected chi connectivity index (χ3v) is 6.14. The van der Waals surface area contributed by atoms with E-state index in [0.717, 1.165) is 25.7 Å². The van der Waals surface area contributed by atoms with Crippen LogP contribution in [0, 0.1) is 23.2 Å². The van der Waals surface area contributed by atoms with E-state index >= 15 is 0 Å². The summed E-state index contributed by atoms with van der Waals surface area (Å²) in [7, 11) is 0. The lowest BCUT2D eigenvalue weighted by molar-refractivity contribution is -0.148. The standard InChI is InChI=1S/C18H26O4/c1-5-16(19)21-10(2)6-7-13-14-8-12-11(3)17(20)22-15(12)9-18(13,14)4/h10,12-15H,3,5-9H2,1-2,4H3/t10?,12-,13?,14+,15-,18-/m1/s1. The minimum absolute atomic E-state index is 0.00834. The predicted molar refractivity (Wildman–Crippen MR) is 81.9 cm³/mol. The van der Waals surface area contributed by atoms with E-state index in [-0.39, 0.29) is 30.1 Å². The van der Waals surface area contributed by atoms with Crippen LogP contribution in [-0.4, -0.2) is 24.1 Å². The molecule has 0 radical (unpaired) electrons. The van der Waals surface area contributed by atoms with Gasteiger partial charge in [0.2, 0.25) is 0 Å². The smallest absolute Gasteiger partial charge is 0.334 e. The SMILES string of the molecule is C=C1C(=O)O[C@@H]2C[C@]3(C)C(CCC(C)OC(=O)CC)[C@@H]3C[C@H]12. The maximum Gasteiger partial charge on any atom is 0.334 e. The zero-order chi connectivity index (χ0) is 16.1.